The van der Waals surface area contributed by atoms with Crippen LogP contribution in [-0.4, -0.2) is 4.98 Å². The van der Waals surface area contributed by atoms with Crippen molar-refractivity contribution in [3.05, 3.63) is 51.5 Å². The van der Waals surface area contributed by atoms with Gasteiger partial charge in [-0.2, -0.15) is 13.2 Å². The van der Waals surface area contributed by atoms with Crippen molar-refractivity contribution < 1.29 is 13.2 Å². The van der Waals surface area contributed by atoms with Crippen LogP contribution in [0.1, 0.15) is 27.4 Å². The molecule has 1 aromatic carbocycles. The van der Waals surface area contributed by atoms with Crippen LogP contribution in [-0.2, 0) is 18.1 Å². The first-order chi connectivity index (χ1) is 8.91. The zero-order valence-electron chi connectivity index (χ0n) is 9.87. The molecular weight excluding hydrogens is 273 g/mol. The highest BCUT2D eigenvalue weighted by Crippen LogP contribution is 2.44. The van der Waals surface area contributed by atoms with Crippen LogP contribution in [0.25, 0.3) is 0 Å². The van der Waals surface area contributed by atoms with Gasteiger partial charge in [-0.05, 0) is 24.0 Å². The molecule has 0 saturated heterocycles. The third-order valence-corrected chi connectivity index (χ3v) is 4.69. The van der Waals surface area contributed by atoms with Gasteiger partial charge in [0.15, 0.2) is 5.01 Å². The number of nitrogens with zero attached hydrogens (tertiary/aromatic N) is 1. The van der Waals surface area contributed by atoms with Gasteiger partial charge in [0, 0.05) is 11.1 Å². The molecule has 0 fully saturated rings. The Morgan fingerprint density at radius 3 is 2.68 bits per heavy atom. The number of fused-ring (bicyclic) bond motifs is 1. The van der Waals surface area contributed by atoms with E-state index in [0.717, 1.165) is 17.5 Å². The summed E-state index contributed by atoms with van der Waals surface area (Å²) in [6, 6.07) is 7.63. The summed E-state index contributed by atoms with van der Waals surface area (Å²) in [5, 5.41) is -0.836. The molecular formula is C13H11F3N2S. The van der Waals surface area contributed by atoms with E-state index < -0.39 is 16.7 Å². The lowest BCUT2D eigenvalue weighted by atomic mass is 9.92. The number of halogens is 3. The van der Waals surface area contributed by atoms with E-state index in [-0.39, 0.29) is 0 Å². The zero-order chi connectivity index (χ0) is 13.7. The highest BCUT2D eigenvalue weighted by Gasteiger charge is 2.41. The highest BCUT2D eigenvalue weighted by molar-refractivity contribution is 7.11. The second kappa shape index (κ2) is 4.05. The van der Waals surface area contributed by atoms with Crippen LogP contribution in [0, 0.1) is 0 Å². The molecule has 2 N–H and O–H groups in total. The Labute approximate surface area is 112 Å². The van der Waals surface area contributed by atoms with Gasteiger partial charge in [-0.1, -0.05) is 24.3 Å². The molecule has 0 bridgehead atoms. The van der Waals surface area contributed by atoms with Crippen LogP contribution >= 0.6 is 11.3 Å². The smallest absolute Gasteiger partial charge is 0.317 e. The Bertz CT molecular complexity index is 620. The lowest BCUT2D eigenvalue weighted by Gasteiger charge is -2.23. The average molecular weight is 284 g/mol. The minimum atomic E-state index is -4.41. The SMILES string of the molecule is NC1(c2cnc(C(F)(F)F)s2)CCc2ccccc21. The van der Waals surface area contributed by atoms with Gasteiger partial charge in [-0.3, -0.25) is 0 Å². The topological polar surface area (TPSA) is 38.9 Å². The lowest BCUT2D eigenvalue weighted by molar-refractivity contribution is -0.137. The number of benzene rings is 1. The maximum absolute atomic E-state index is 12.6. The van der Waals surface area contributed by atoms with Crippen LogP contribution in [0.4, 0.5) is 13.2 Å². The summed E-state index contributed by atoms with van der Waals surface area (Å²) in [6.45, 7) is 0. The van der Waals surface area contributed by atoms with Crippen molar-refractivity contribution in [3.8, 4) is 0 Å². The summed E-state index contributed by atoms with van der Waals surface area (Å²) in [7, 11) is 0. The van der Waals surface area contributed by atoms with Crippen LogP contribution in [0.15, 0.2) is 30.5 Å². The van der Waals surface area contributed by atoms with Crippen molar-refractivity contribution in [3.63, 3.8) is 0 Å². The van der Waals surface area contributed by atoms with E-state index in [1.807, 2.05) is 24.3 Å². The van der Waals surface area contributed by atoms with Crippen LogP contribution < -0.4 is 5.73 Å². The van der Waals surface area contributed by atoms with E-state index in [0.29, 0.717) is 22.6 Å². The molecule has 1 unspecified atom stereocenters. The van der Waals surface area contributed by atoms with Crippen LogP contribution in [0.5, 0.6) is 0 Å². The van der Waals surface area contributed by atoms with E-state index in [1.165, 1.54) is 6.20 Å². The van der Waals surface area contributed by atoms with E-state index in [4.69, 9.17) is 5.73 Å². The lowest BCUT2D eigenvalue weighted by Crippen LogP contribution is -2.34. The Morgan fingerprint density at radius 1 is 1.26 bits per heavy atom. The number of aromatic nitrogens is 1. The van der Waals surface area contributed by atoms with Gasteiger partial charge in [0.2, 0.25) is 0 Å². The fraction of sp³-hybridized carbons (Fsp3) is 0.308. The molecule has 1 heterocycles. The monoisotopic (exact) mass is 284 g/mol. The molecule has 1 aliphatic rings. The van der Waals surface area contributed by atoms with Gasteiger partial charge in [-0.15, -0.1) is 11.3 Å². The highest BCUT2D eigenvalue weighted by atomic mass is 32.1. The van der Waals surface area contributed by atoms with Crippen molar-refractivity contribution in [2.24, 2.45) is 5.73 Å². The van der Waals surface area contributed by atoms with Gasteiger partial charge in [0.1, 0.15) is 0 Å². The van der Waals surface area contributed by atoms with E-state index >= 15 is 0 Å². The summed E-state index contributed by atoms with van der Waals surface area (Å²) in [4.78, 5) is 3.94. The largest absolute Gasteiger partial charge is 0.443 e. The van der Waals surface area contributed by atoms with E-state index in [9.17, 15) is 13.2 Å². The third-order valence-electron chi connectivity index (χ3n) is 3.47. The first-order valence-electron chi connectivity index (χ1n) is 5.82. The van der Waals surface area contributed by atoms with E-state index in [2.05, 4.69) is 4.98 Å². The van der Waals surface area contributed by atoms with Crippen molar-refractivity contribution in [2.45, 2.75) is 24.6 Å². The predicted octanol–water partition coefficient (Wildman–Crippen LogP) is 3.31. The molecule has 1 aliphatic carbocycles. The first-order valence-corrected chi connectivity index (χ1v) is 6.64. The molecule has 3 rings (SSSR count). The molecule has 19 heavy (non-hydrogen) atoms. The molecule has 0 spiro atoms. The molecule has 6 heteroatoms. The van der Waals surface area contributed by atoms with Gasteiger partial charge in [0.25, 0.3) is 0 Å². The molecule has 2 nitrogen and oxygen atoms in total. The van der Waals surface area contributed by atoms with Crippen molar-refractivity contribution in [1.82, 2.24) is 4.98 Å². The van der Waals surface area contributed by atoms with Gasteiger partial charge in [-0.25, -0.2) is 4.98 Å². The molecule has 0 amide bonds. The quantitative estimate of drug-likeness (QED) is 0.872. The summed E-state index contributed by atoms with van der Waals surface area (Å²) in [6.07, 6.45) is -1.75. The Balaban J connectivity index is 2.06. The molecule has 1 atom stereocenters. The van der Waals surface area contributed by atoms with Crippen LogP contribution in [0.2, 0.25) is 0 Å². The fourth-order valence-corrected chi connectivity index (χ4v) is 3.44. The van der Waals surface area contributed by atoms with Crippen molar-refractivity contribution >= 4 is 11.3 Å². The summed E-state index contributed by atoms with van der Waals surface area (Å²) < 4.78 is 37.8. The Hall–Kier alpha value is -1.40. The second-order valence-electron chi connectivity index (χ2n) is 4.66. The maximum Gasteiger partial charge on any atom is 0.443 e. The fourth-order valence-electron chi connectivity index (χ4n) is 2.51. The standard InChI is InChI=1S/C13H11F3N2S/c14-13(15,16)11-18-7-10(19-11)12(17)6-5-8-3-1-2-4-9(8)12/h1-4,7H,5-6,17H2. The first kappa shape index (κ1) is 12.6. The minimum Gasteiger partial charge on any atom is -0.317 e. The van der Waals surface area contributed by atoms with Crippen molar-refractivity contribution in [1.29, 1.82) is 0 Å². The van der Waals surface area contributed by atoms with E-state index in [1.54, 1.807) is 0 Å². The molecule has 0 radical (unpaired) electrons. The average Bonchev–Trinajstić information content (AvgIpc) is 2.96. The normalized spacial score (nSPS) is 22.5. The minimum absolute atomic E-state index is 0.477. The third kappa shape index (κ3) is 1.95. The van der Waals surface area contributed by atoms with Crippen LogP contribution in [0.3, 0.4) is 0 Å². The Morgan fingerprint density at radius 2 is 2.00 bits per heavy atom. The van der Waals surface area contributed by atoms with Gasteiger partial charge >= 0.3 is 6.18 Å². The molecule has 1 aromatic heterocycles. The molecule has 2 aromatic rings. The Kier molecular flexibility index (Phi) is 2.69. The molecule has 0 saturated carbocycles. The van der Waals surface area contributed by atoms with Crippen molar-refractivity contribution in [2.75, 3.05) is 0 Å². The van der Waals surface area contributed by atoms with Gasteiger partial charge < -0.3 is 5.73 Å². The number of alkyl halides is 3. The van der Waals surface area contributed by atoms with Gasteiger partial charge in [0.05, 0.1) is 5.54 Å². The number of nitrogens with two attached hydrogens (primary N) is 1. The molecule has 0 aliphatic heterocycles. The second-order valence-corrected chi connectivity index (χ2v) is 5.69. The number of rotatable bonds is 1. The predicted molar refractivity (Wildman–Crippen MR) is 66.8 cm³/mol. The summed E-state index contributed by atoms with van der Waals surface area (Å²) in [5.74, 6) is 0. The number of thiazole rings is 1. The number of hydrogen-bond acceptors (Lipinski definition) is 3. The maximum atomic E-state index is 12.6. The summed E-state index contributed by atoms with van der Waals surface area (Å²) >= 11 is 0.638. The number of aryl methyl sites for hydroxylation is 1. The summed E-state index contributed by atoms with van der Waals surface area (Å²) in [5.41, 5.74) is 7.53. The number of hydrogen-bond donors (Lipinski definition) is 1. The molecule has 100 valence electrons. The zero-order valence-corrected chi connectivity index (χ0v) is 10.7.